The molecule has 0 saturated heterocycles. The van der Waals surface area contributed by atoms with Crippen molar-refractivity contribution in [2.75, 3.05) is 10.6 Å². The highest BCUT2D eigenvalue weighted by Crippen LogP contribution is 2.31. The third-order valence-corrected chi connectivity index (χ3v) is 6.18. The molecular formula is C30H26N6O2. The van der Waals surface area contributed by atoms with Gasteiger partial charge in [-0.15, -0.1) is 0 Å². The fourth-order valence-corrected chi connectivity index (χ4v) is 4.06. The largest absolute Gasteiger partial charge is 0.346 e. The number of carbonyl (C=O) groups excluding carboxylic acids is 2. The minimum absolute atomic E-state index is 0.270. The lowest BCUT2D eigenvalue weighted by Gasteiger charge is -2.08. The summed E-state index contributed by atoms with van der Waals surface area (Å²) < 4.78 is 0. The van der Waals surface area contributed by atoms with Crippen LogP contribution in [0.2, 0.25) is 0 Å². The number of fused-ring (bicyclic) bond motifs is 1. The number of pyridine rings is 3. The van der Waals surface area contributed by atoms with Crippen LogP contribution in [0.1, 0.15) is 35.8 Å². The lowest BCUT2D eigenvalue weighted by atomic mass is 10.0. The summed E-state index contributed by atoms with van der Waals surface area (Å²) in [6.07, 6.45) is 8.33. The number of anilines is 2. The number of amides is 2. The minimum Gasteiger partial charge on any atom is -0.346 e. The molecule has 8 heteroatoms. The number of aromatic nitrogens is 4. The fourth-order valence-electron chi connectivity index (χ4n) is 4.06. The van der Waals surface area contributed by atoms with Gasteiger partial charge in [-0.05, 0) is 53.5 Å². The van der Waals surface area contributed by atoms with Gasteiger partial charge < -0.3 is 15.6 Å². The van der Waals surface area contributed by atoms with E-state index in [2.05, 4.69) is 51.0 Å². The number of carbonyl (C=O) groups is 2. The molecule has 0 aliphatic heterocycles. The van der Waals surface area contributed by atoms with Crippen LogP contribution in [0.4, 0.5) is 11.5 Å². The molecule has 0 unspecified atom stereocenters. The molecule has 4 aromatic heterocycles. The van der Waals surface area contributed by atoms with Crippen LogP contribution < -0.4 is 10.6 Å². The molecule has 0 atom stereocenters. The number of hydrogen-bond acceptors (Lipinski definition) is 5. The highest BCUT2D eigenvalue weighted by Gasteiger charge is 2.13. The predicted octanol–water partition coefficient (Wildman–Crippen LogP) is 6.19. The fraction of sp³-hybridized carbons (Fsp3) is 0.100. The Hall–Kier alpha value is -5.11. The molecule has 0 aliphatic rings. The van der Waals surface area contributed by atoms with Crippen molar-refractivity contribution in [1.29, 1.82) is 0 Å². The standard InChI is InChI=1S/C30H26N6O2/c1-4-28(37)35-23-7-5-6-19(12-23)22-13-24-25(17-34-29(24)33-16-22)21-8-10-26(31-15-21)30(38)36-27-11-9-20(14-32-27)18(2)3/h4-18H,1H2,2-3H3,(H,33,34)(H,35,37)(H,32,36,38). The first-order chi connectivity index (χ1) is 18.4. The summed E-state index contributed by atoms with van der Waals surface area (Å²) in [5.74, 6) is 0.252. The van der Waals surface area contributed by atoms with Crippen LogP contribution in [0.3, 0.4) is 0 Å². The summed E-state index contributed by atoms with van der Waals surface area (Å²) in [5, 5.41) is 6.49. The second kappa shape index (κ2) is 10.5. The van der Waals surface area contributed by atoms with E-state index in [0.717, 1.165) is 38.9 Å². The van der Waals surface area contributed by atoms with Crippen molar-refractivity contribution >= 4 is 34.4 Å². The van der Waals surface area contributed by atoms with Crippen LogP contribution in [0.15, 0.2) is 92.0 Å². The number of rotatable bonds is 7. The van der Waals surface area contributed by atoms with Crippen molar-refractivity contribution < 1.29 is 9.59 Å². The molecule has 38 heavy (non-hydrogen) atoms. The van der Waals surface area contributed by atoms with Crippen LogP contribution >= 0.6 is 0 Å². The Labute approximate surface area is 219 Å². The van der Waals surface area contributed by atoms with E-state index in [1.807, 2.05) is 48.7 Å². The summed E-state index contributed by atoms with van der Waals surface area (Å²) in [4.78, 5) is 40.9. The van der Waals surface area contributed by atoms with Gasteiger partial charge in [-0.25, -0.2) is 9.97 Å². The van der Waals surface area contributed by atoms with E-state index in [4.69, 9.17) is 0 Å². The summed E-state index contributed by atoms with van der Waals surface area (Å²) in [6, 6.07) is 16.9. The van der Waals surface area contributed by atoms with E-state index < -0.39 is 0 Å². The quantitative estimate of drug-likeness (QED) is 0.230. The van der Waals surface area contributed by atoms with E-state index in [-0.39, 0.29) is 11.8 Å². The molecule has 1 aromatic carbocycles. The van der Waals surface area contributed by atoms with Gasteiger partial charge in [0.25, 0.3) is 5.91 Å². The van der Waals surface area contributed by atoms with E-state index in [9.17, 15) is 9.59 Å². The van der Waals surface area contributed by atoms with Crippen molar-refractivity contribution in [3.8, 4) is 22.3 Å². The first-order valence-electron chi connectivity index (χ1n) is 12.2. The third-order valence-electron chi connectivity index (χ3n) is 6.18. The maximum Gasteiger partial charge on any atom is 0.275 e. The molecule has 0 spiro atoms. The van der Waals surface area contributed by atoms with Crippen molar-refractivity contribution in [3.63, 3.8) is 0 Å². The zero-order valence-electron chi connectivity index (χ0n) is 21.0. The average molecular weight is 503 g/mol. The first kappa shape index (κ1) is 24.6. The van der Waals surface area contributed by atoms with Crippen LogP contribution in [0, 0.1) is 0 Å². The Morgan fingerprint density at radius 3 is 2.45 bits per heavy atom. The van der Waals surface area contributed by atoms with Crippen molar-refractivity contribution in [2.45, 2.75) is 19.8 Å². The molecule has 0 aliphatic carbocycles. The minimum atomic E-state index is -0.326. The van der Waals surface area contributed by atoms with Crippen LogP contribution in [-0.4, -0.2) is 31.8 Å². The van der Waals surface area contributed by atoms with Crippen molar-refractivity contribution in [1.82, 2.24) is 19.9 Å². The number of benzene rings is 1. The highest BCUT2D eigenvalue weighted by atomic mass is 16.2. The summed E-state index contributed by atoms with van der Waals surface area (Å²) in [7, 11) is 0. The average Bonchev–Trinajstić information content (AvgIpc) is 3.37. The lowest BCUT2D eigenvalue weighted by molar-refractivity contribution is -0.111. The van der Waals surface area contributed by atoms with Gasteiger partial charge in [0.15, 0.2) is 0 Å². The van der Waals surface area contributed by atoms with Crippen LogP contribution in [-0.2, 0) is 4.79 Å². The van der Waals surface area contributed by atoms with E-state index >= 15 is 0 Å². The summed E-state index contributed by atoms with van der Waals surface area (Å²) in [5.41, 5.74) is 6.37. The maximum absolute atomic E-state index is 12.7. The zero-order chi connectivity index (χ0) is 26.6. The van der Waals surface area contributed by atoms with Gasteiger partial charge in [-0.3, -0.25) is 14.6 Å². The molecule has 3 N–H and O–H groups in total. The van der Waals surface area contributed by atoms with Crippen molar-refractivity contribution in [2.24, 2.45) is 0 Å². The molecule has 0 bridgehead atoms. The Bertz CT molecular complexity index is 1640. The third kappa shape index (κ3) is 5.19. The molecule has 188 valence electrons. The molecule has 0 fully saturated rings. The SMILES string of the molecule is C=CC(=O)Nc1cccc(-c2cnc3[nH]cc(-c4ccc(C(=O)Nc5ccc(C(C)C)cn5)nc4)c3c2)c1. The Balaban J connectivity index is 1.37. The predicted molar refractivity (Wildman–Crippen MR) is 150 cm³/mol. The van der Waals surface area contributed by atoms with Crippen LogP contribution in [0.5, 0.6) is 0 Å². The van der Waals surface area contributed by atoms with Gasteiger partial charge in [0.05, 0.1) is 0 Å². The molecule has 0 saturated carbocycles. The van der Waals surface area contributed by atoms with Crippen LogP contribution in [0.25, 0.3) is 33.3 Å². The topological polar surface area (TPSA) is 113 Å². The summed E-state index contributed by atoms with van der Waals surface area (Å²) >= 11 is 0. The smallest absolute Gasteiger partial charge is 0.275 e. The van der Waals surface area contributed by atoms with Gasteiger partial charge in [-0.1, -0.05) is 44.7 Å². The number of hydrogen-bond donors (Lipinski definition) is 3. The Morgan fingerprint density at radius 2 is 1.74 bits per heavy atom. The Kier molecular flexibility index (Phi) is 6.78. The second-order valence-corrected chi connectivity index (χ2v) is 9.11. The maximum atomic E-state index is 12.7. The second-order valence-electron chi connectivity index (χ2n) is 9.11. The number of H-pyrrole nitrogens is 1. The molecule has 2 amide bonds. The number of nitrogens with zero attached hydrogens (tertiary/aromatic N) is 3. The monoisotopic (exact) mass is 502 g/mol. The van der Waals surface area contributed by atoms with Gasteiger partial charge in [0.1, 0.15) is 17.2 Å². The van der Waals surface area contributed by atoms with Gasteiger partial charge >= 0.3 is 0 Å². The van der Waals surface area contributed by atoms with Gasteiger partial charge in [-0.2, -0.15) is 0 Å². The molecule has 5 aromatic rings. The lowest BCUT2D eigenvalue weighted by Crippen LogP contribution is -2.14. The molecule has 5 rings (SSSR count). The molecule has 8 nitrogen and oxygen atoms in total. The van der Waals surface area contributed by atoms with Crippen molar-refractivity contribution in [3.05, 3.63) is 103 Å². The number of nitrogens with one attached hydrogen (secondary N) is 3. The zero-order valence-corrected chi connectivity index (χ0v) is 21.0. The first-order valence-corrected chi connectivity index (χ1v) is 12.2. The molecule has 0 radical (unpaired) electrons. The van der Waals surface area contributed by atoms with E-state index in [0.29, 0.717) is 23.1 Å². The van der Waals surface area contributed by atoms with E-state index in [1.54, 1.807) is 30.7 Å². The highest BCUT2D eigenvalue weighted by molar-refractivity contribution is 6.03. The number of aromatic amines is 1. The normalized spacial score (nSPS) is 10.9. The Morgan fingerprint density at radius 1 is 0.895 bits per heavy atom. The summed E-state index contributed by atoms with van der Waals surface area (Å²) in [6.45, 7) is 7.67. The van der Waals surface area contributed by atoms with Gasteiger partial charge in [0, 0.05) is 52.6 Å². The molecule has 4 heterocycles. The van der Waals surface area contributed by atoms with E-state index in [1.165, 1.54) is 6.08 Å². The molecular weight excluding hydrogens is 476 g/mol. The van der Waals surface area contributed by atoms with Gasteiger partial charge in [0.2, 0.25) is 5.91 Å².